The lowest BCUT2D eigenvalue weighted by Crippen LogP contribution is -2.37. The van der Waals surface area contributed by atoms with Crippen molar-refractivity contribution in [1.29, 1.82) is 0 Å². The van der Waals surface area contributed by atoms with E-state index in [2.05, 4.69) is 6.58 Å². The molecule has 1 atom stereocenters. The Balaban J connectivity index is 2.54. The molecule has 0 saturated carbocycles. The first kappa shape index (κ1) is 12.0. The minimum absolute atomic E-state index is 0.0470. The van der Waals surface area contributed by atoms with E-state index in [1.807, 2.05) is 0 Å². The van der Waals surface area contributed by atoms with Gasteiger partial charge in [-0.25, -0.2) is 9.18 Å². The lowest BCUT2D eigenvalue weighted by Gasteiger charge is -2.24. The second-order valence-corrected chi connectivity index (χ2v) is 4.89. The Hall–Kier alpha value is -1.06. The van der Waals surface area contributed by atoms with Gasteiger partial charge < -0.3 is 9.64 Å². The Morgan fingerprint density at radius 2 is 2.20 bits per heavy atom. The van der Waals surface area contributed by atoms with E-state index in [-0.39, 0.29) is 6.54 Å². The van der Waals surface area contributed by atoms with Crippen LogP contribution >= 0.6 is 0 Å². The van der Waals surface area contributed by atoms with Gasteiger partial charge in [0, 0.05) is 13.0 Å². The molecule has 0 N–H and O–H groups in total. The summed E-state index contributed by atoms with van der Waals surface area (Å²) in [6.45, 7) is 9.23. The molecule has 0 radical (unpaired) electrons. The van der Waals surface area contributed by atoms with E-state index in [1.165, 1.54) is 11.0 Å². The smallest absolute Gasteiger partial charge is 0.410 e. The monoisotopic (exact) mass is 215 g/mol. The standard InChI is InChI=1S/C11H18FNO2/c1-5-11(12)6-7-13(8-11)9(14)15-10(2,3)4/h5H,1,6-8H2,2-4H3. The van der Waals surface area contributed by atoms with Crippen LogP contribution in [0.5, 0.6) is 0 Å². The number of carbonyl (C=O) groups is 1. The van der Waals surface area contributed by atoms with Gasteiger partial charge in [0.15, 0.2) is 0 Å². The van der Waals surface area contributed by atoms with Crippen molar-refractivity contribution in [2.75, 3.05) is 13.1 Å². The maximum absolute atomic E-state index is 13.7. The largest absolute Gasteiger partial charge is 0.444 e. The van der Waals surface area contributed by atoms with Crippen molar-refractivity contribution in [3.8, 4) is 0 Å². The molecule has 0 aromatic carbocycles. The molecule has 0 spiro atoms. The zero-order valence-electron chi connectivity index (χ0n) is 9.55. The number of hydrogen-bond acceptors (Lipinski definition) is 2. The third-order valence-corrected chi connectivity index (χ3v) is 2.27. The van der Waals surface area contributed by atoms with Crippen molar-refractivity contribution in [1.82, 2.24) is 4.90 Å². The van der Waals surface area contributed by atoms with Crippen LogP contribution in [-0.2, 0) is 4.74 Å². The van der Waals surface area contributed by atoms with Crippen molar-refractivity contribution in [3.63, 3.8) is 0 Å². The van der Waals surface area contributed by atoms with E-state index in [9.17, 15) is 9.18 Å². The molecule has 4 heteroatoms. The van der Waals surface area contributed by atoms with Crippen LogP contribution in [0, 0.1) is 0 Å². The van der Waals surface area contributed by atoms with Crippen molar-refractivity contribution in [2.45, 2.75) is 38.5 Å². The highest BCUT2D eigenvalue weighted by Crippen LogP contribution is 2.27. The van der Waals surface area contributed by atoms with Crippen molar-refractivity contribution in [3.05, 3.63) is 12.7 Å². The minimum Gasteiger partial charge on any atom is -0.444 e. The summed E-state index contributed by atoms with van der Waals surface area (Å²) in [5.74, 6) is 0. The van der Waals surface area contributed by atoms with E-state index < -0.39 is 17.4 Å². The Morgan fingerprint density at radius 3 is 2.60 bits per heavy atom. The average Bonchev–Trinajstić information content (AvgIpc) is 2.46. The maximum atomic E-state index is 13.7. The molecule has 1 heterocycles. The first-order valence-electron chi connectivity index (χ1n) is 5.06. The average molecular weight is 215 g/mol. The van der Waals surface area contributed by atoms with E-state index in [1.54, 1.807) is 20.8 Å². The number of ether oxygens (including phenoxy) is 1. The molecule has 1 rings (SSSR count). The number of alkyl halides is 1. The molecule has 1 fully saturated rings. The van der Waals surface area contributed by atoms with Crippen molar-refractivity contribution >= 4 is 6.09 Å². The maximum Gasteiger partial charge on any atom is 0.410 e. The topological polar surface area (TPSA) is 29.5 Å². The Morgan fingerprint density at radius 1 is 1.60 bits per heavy atom. The summed E-state index contributed by atoms with van der Waals surface area (Å²) in [6, 6.07) is 0. The van der Waals surface area contributed by atoms with Crippen LogP contribution in [0.15, 0.2) is 12.7 Å². The third-order valence-electron chi connectivity index (χ3n) is 2.27. The highest BCUT2D eigenvalue weighted by molar-refractivity contribution is 5.68. The van der Waals surface area contributed by atoms with E-state index >= 15 is 0 Å². The number of hydrogen-bond donors (Lipinski definition) is 0. The van der Waals surface area contributed by atoms with Crippen molar-refractivity contribution in [2.24, 2.45) is 0 Å². The van der Waals surface area contributed by atoms with Gasteiger partial charge in [0.25, 0.3) is 0 Å². The molecule has 1 aliphatic rings. The fourth-order valence-corrected chi connectivity index (χ4v) is 1.45. The number of likely N-dealkylation sites (tertiary alicyclic amines) is 1. The molecule has 1 amide bonds. The van der Waals surface area contributed by atoms with Gasteiger partial charge in [0.2, 0.25) is 0 Å². The van der Waals surface area contributed by atoms with Crippen LogP contribution in [-0.4, -0.2) is 35.4 Å². The quantitative estimate of drug-likeness (QED) is 0.629. The number of rotatable bonds is 1. The van der Waals surface area contributed by atoms with E-state index in [4.69, 9.17) is 4.74 Å². The highest BCUT2D eigenvalue weighted by atomic mass is 19.1. The van der Waals surface area contributed by atoms with Gasteiger partial charge in [0.05, 0.1) is 6.54 Å². The van der Waals surface area contributed by atoms with Crippen LogP contribution in [0.2, 0.25) is 0 Å². The van der Waals surface area contributed by atoms with Crippen molar-refractivity contribution < 1.29 is 13.9 Å². The summed E-state index contributed by atoms with van der Waals surface area (Å²) in [7, 11) is 0. The number of carbonyl (C=O) groups excluding carboxylic acids is 1. The highest BCUT2D eigenvalue weighted by Gasteiger charge is 2.39. The molecular formula is C11H18FNO2. The van der Waals surface area contributed by atoms with Gasteiger partial charge in [-0.3, -0.25) is 0 Å². The molecule has 1 unspecified atom stereocenters. The summed E-state index contributed by atoms with van der Waals surface area (Å²) in [5.41, 5.74) is -1.98. The summed E-state index contributed by atoms with van der Waals surface area (Å²) in [6.07, 6.45) is 1.11. The van der Waals surface area contributed by atoms with Crippen LogP contribution in [0.3, 0.4) is 0 Å². The first-order chi connectivity index (χ1) is 6.76. The SMILES string of the molecule is C=CC1(F)CCN(C(=O)OC(C)(C)C)C1. The first-order valence-corrected chi connectivity index (χ1v) is 5.06. The lowest BCUT2D eigenvalue weighted by molar-refractivity contribution is 0.0272. The summed E-state index contributed by atoms with van der Waals surface area (Å²) < 4.78 is 18.9. The predicted octanol–water partition coefficient (Wildman–Crippen LogP) is 2.52. The fourth-order valence-electron chi connectivity index (χ4n) is 1.45. The van der Waals surface area contributed by atoms with Gasteiger partial charge in [-0.1, -0.05) is 12.7 Å². The zero-order valence-corrected chi connectivity index (χ0v) is 9.55. The van der Waals surface area contributed by atoms with Crippen LogP contribution in [0.25, 0.3) is 0 Å². The van der Waals surface area contributed by atoms with Gasteiger partial charge in [0.1, 0.15) is 11.3 Å². The molecule has 0 bridgehead atoms. The van der Waals surface area contributed by atoms with E-state index in [0.29, 0.717) is 13.0 Å². The fraction of sp³-hybridized carbons (Fsp3) is 0.727. The second kappa shape index (κ2) is 3.83. The Bertz CT molecular complexity index is 272. The molecule has 0 aromatic heterocycles. The molecule has 15 heavy (non-hydrogen) atoms. The van der Waals surface area contributed by atoms with E-state index in [0.717, 1.165) is 0 Å². The molecule has 86 valence electrons. The molecule has 0 aromatic rings. The van der Waals surface area contributed by atoms with Gasteiger partial charge >= 0.3 is 6.09 Å². The van der Waals surface area contributed by atoms with Crippen LogP contribution < -0.4 is 0 Å². The number of amides is 1. The third kappa shape index (κ3) is 3.22. The zero-order chi connectivity index (χ0) is 11.7. The summed E-state index contributed by atoms with van der Waals surface area (Å²) in [4.78, 5) is 12.9. The molecule has 1 saturated heterocycles. The Kier molecular flexibility index (Phi) is 3.07. The molecule has 1 aliphatic heterocycles. The predicted molar refractivity (Wildman–Crippen MR) is 56.5 cm³/mol. The molecule has 3 nitrogen and oxygen atoms in total. The lowest BCUT2D eigenvalue weighted by atomic mass is 10.1. The normalized spacial score (nSPS) is 26.5. The van der Waals surface area contributed by atoms with Crippen LogP contribution in [0.1, 0.15) is 27.2 Å². The molecule has 0 aliphatic carbocycles. The minimum atomic E-state index is -1.45. The van der Waals surface area contributed by atoms with Gasteiger partial charge in [-0.2, -0.15) is 0 Å². The van der Waals surface area contributed by atoms with Gasteiger partial charge in [-0.05, 0) is 20.8 Å². The van der Waals surface area contributed by atoms with Crippen LogP contribution in [0.4, 0.5) is 9.18 Å². The Labute approximate surface area is 89.9 Å². The second-order valence-electron chi connectivity index (χ2n) is 4.89. The number of nitrogens with zero attached hydrogens (tertiary/aromatic N) is 1. The van der Waals surface area contributed by atoms with Gasteiger partial charge in [-0.15, -0.1) is 0 Å². The summed E-state index contributed by atoms with van der Waals surface area (Å²) >= 11 is 0. The number of halogens is 1. The summed E-state index contributed by atoms with van der Waals surface area (Å²) in [5, 5.41) is 0. The molecular weight excluding hydrogens is 197 g/mol.